The van der Waals surface area contributed by atoms with Crippen LogP contribution in [0.2, 0.25) is 0 Å². The summed E-state index contributed by atoms with van der Waals surface area (Å²) in [5, 5.41) is 0.808. The number of aromatic nitrogens is 4. The van der Waals surface area contributed by atoms with Gasteiger partial charge >= 0.3 is 0 Å². The van der Waals surface area contributed by atoms with Crippen molar-refractivity contribution in [1.29, 1.82) is 0 Å². The van der Waals surface area contributed by atoms with E-state index in [0.717, 1.165) is 27.8 Å². The molecule has 0 bridgehead atoms. The average Bonchev–Trinajstić information content (AvgIpc) is 3.14. The minimum Gasteiger partial charge on any atom is -0.493 e. The first-order valence-electron chi connectivity index (χ1n) is 8.68. The number of nitrogens with zero attached hydrogens (tertiary/aromatic N) is 3. The summed E-state index contributed by atoms with van der Waals surface area (Å²) in [6, 6.07) is 20.0. The van der Waals surface area contributed by atoms with Crippen LogP contribution in [0.5, 0.6) is 5.75 Å². The number of hydrogen-bond donors (Lipinski definition) is 2. The van der Waals surface area contributed by atoms with Gasteiger partial charge in [-0.25, -0.2) is 4.57 Å². The maximum atomic E-state index is 6.03. The predicted octanol–water partition coefficient (Wildman–Crippen LogP) is 3.05. The van der Waals surface area contributed by atoms with E-state index in [0.29, 0.717) is 19.0 Å². The predicted molar refractivity (Wildman–Crippen MR) is 107 cm³/mol. The molecule has 0 aliphatic rings. The van der Waals surface area contributed by atoms with Crippen molar-refractivity contribution in [1.82, 2.24) is 15.0 Å². The number of nitrogens with one attached hydrogen (secondary N) is 1. The SMILES string of the molecule is Nc1nc[n+](Cc2ccccc2)c2nc(SCCOc3ccccc3)[nH]c12. The summed E-state index contributed by atoms with van der Waals surface area (Å²) >= 11 is 1.60. The standard InChI is InChI=1S/C20H19N5OS/c21-18-17-19(25(14-22-18)13-15-7-3-1-4-8-15)24-20(23-17)27-12-11-26-16-9-5-2-6-10-16/h1-10,14H,11-13H2,(H2,21,23,24)/p+1. The Morgan fingerprint density at radius 1 is 1.04 bits per heavy atom. The Kier molecular flexibility index (Phi) is 5.20. The number of nitrogens with two attached hydrogens (primary N) is 1. The van der Waals surface area contributed by atoms with E-state index in [1.165, 1.54) is 5.56 Å². The van der Waals surface area contributed by atoms with Gasteiger partial charge in [0.1, 0.15) is 5.75 Å². The van der Waals surface area contributed by atoms with Gasteiger partial charge in [-0.05, 0) is 17.7 Å². The van der Waals surface area contributed by atoms with Crippen LogP contribution in [0.25, 0.3) is 11.2 Å². The van der Waals surface area contributed by atoms with E-state index in [4.69, 9.17) is 15.5 Å². The topological polar surface area (TPSA) is 80.7 Å². The summed E-state index contributed by atoms with van der Waals surface area (Å²) in [6.07, 6.45) is 1.73. The van der Waals surface area contributed by atoms with Gasteiger partial charge in [-0.2, -0.15) is 0 Å². The number of para-hydroxylation sites is 1. The van der Waals surface area contributed by atoms with Crippen LogP contribution in [-0.4, -0.2) is 27.3 Å². The lowest BCUT2D eigenvalue weighted by molar-refractivity contribution is -0.667. The van der Waals surface area contributed by atoms with Crippen molar-refractivity contribution >= 4 is 28.7 Å². The maximum Gasteiger partial charge on any atom is 0.295 e. The quantitative estimate of drug-likeness (QED) is 0.293. The van der Waals surface area contributed by atoms with Crippen molar-refractivity contribution < 1.29 is 9.30 Å². The van der Waals surface area contributed by atoms with E-state index >= 15 is 0 Å². The van der Waals surface area contributed by atoms with Crippen LogP contribution in [0.4, 0.5) is 5.82 Å². The fourth-order valence-corrected chi connectivity index (χ4v) is 3.44. The van der Waals surface area contributed by atoms with Crippen LogP contribution in [0.1, 0.15) is 5.56 Å². The molecule has 3 N–H and O–H groups in total. The molecule has 0 fully saturated rings. The molecule has 4 aromatic rings. The van der Waals surface area contributed by atoms with Gasteiger partial charge in [0.15, 0.2) is 5.52 Å². The van der Waals surface area contributed by atoms with Crippen LogP contribution in [0.15, 0.2) is 72.1 Å². The normalized spacial score (nSPS) is 11.0. The molecule has 0 radical (unpaired) electrons. The molecule has 0 aliphatic carbocycles. The molecule has 4 rings (SSSR count). The second kappa shape index (κ2) is 8.09. The van der Waals surface area contributed by atoms with Crippen LogP contribution < -0.4 is 15.0 Å². The number of H-pyrrole nitrogens is 1. The molecule has 2 aromatic heterocycles. The Bertz CT molecular complexity index is 1020. The van der Waals surface area contributed by atoms with Gasteiger partial charge in [0.2, 0.25) is 17.3 Å². The Balaban J connectivity index is 1.46. The third-order valence-electron chi connectivity index (χ3n) is 4.06. The van der Waals surface area contributed by atoms with Gasteiger partial charge in [-0.1, -0.05) is 70.3 Å². The molecule has 0 amide bonds. The number of hydrogen-bond acceptors (Lipinski definition) is 5. The van der Waals surface area contributed by atoms with Crippen LogP contribution in [-0.2, 0) is 6.54 Å². The fraction of sp³-hybridized carbons (Fsp3) is 0.150. The van der Waals surface area contributed by atoms with E-state index in [1.54, 1.807) is 18.1 Å². The fourth-order valence-electron chi connectivity index (χ4n) is 2.76. The van der Waals surface area contributed by atoms with Gasteiger partial charge in [0.25, 0.3) is 5.65 Å². The van der Waals surface area contributed by atoms with E-state index in [-0.39, 0.29) is 0 Å². The number of benzene rings is 2. The zero-order valence-electron chi connectivity index (χ0n) is 14.7. The summed E-state index contributed by atoms with van der Waals surface area (Å²) in [5.74, 6) is 2.10. The average molecular weight is 378 g/mol. The smallest absolute Gasteiger partial charge is 0.295 e. The van der Waals surface area contributed by atoms with Gasteiger partial charge < -0.3 is 15.5 Å². The molecule has 0 aliphatic heterocycles. The number of anilines is 1. The molecule has 0 saturated carbocycles. The molecule has 0 saturated heterocycles. The second-order valence-electron chi connectivity index (χ2n) is 5.99. The van der Waals surface area contributed by atoms with Crippen molar-refractivity contribution in [2.24, 2.45) is 0 Å². The highest BCUT2D eigenvalue weighted by molar-refractivity contribution is 7.99. The molecule has 136 valence electrons. The Hall–Kier alpha value is -3.06. The molecule has 7 heteroatoms. The molecule has 0 spiro atoms. The van der Waals surface area contributed by atoms with Gasteiger partial charge in [-0.3, -0.25) is 0 Å². The minimum absolute atomic E-state index is 0.453. The summed E-state index contributed by atoms with van der Waals surface area (Å²) in [7, 11) is 0. The van der Waals surface area contributed by atoms with Gasteiger partial charge in [-0.15, -0.1) is 0 Å². The van der Waals surface area contributed by atoms with Crippen LogP contribution in [0, 0.1) is 0 Å². The first kappa shape index (κ1) is 17.4. The molecule has 2 aromatic carbocycles. The number of aromatic amines is 1. The largest absolute Gasteiger partial charge is 0.493 e. The molecular weight excluding hydrogens is 358 g/mol. The zero-order valence-corrected chi connectivity index (χ0v) is 15.5. The van der Waals surface area contributed by atoms with Crippen molar-refractivity contribution in [3.8, 4) is 5.75 Å². The zero-order chi connectivity index (χ0) is 18.5. The molecule has 0 atom stereocenters. The summed E-state index contributed by atoms with van der Waals surface area (Å²) < 4.78 is 7.73. The number of ether oxygens (including phenoxy) is 1. The van der Waals surface area contributed by atoms with Gasteiger partial charge in [0.05, 0.1) is 13.2 Å². The van der Waals surface area contributed by atoms with Crippen molar-refractivity contribution in [3.63, 3.8) is 0 Å². The number of rotatable bonds is 7. The molecule has 0 unspecified atom stereocenters. The summed E-state index contributed by atoms with van der Waals surface area (Å²) in [6.45, 7) is 1.29. The molecule has 2 heterocycles. The number of nitrogen functional groups attached to an aromatic ring is 1. The van der Waals surface area contributed by atoms with Gasteiger partial charge in [0, 0.05) is 5.75 Å². The lowest BCUT2D eigenvalue weighted by Gasteiger charge is -2.03. The van der Waals surface area contributed by atoms with E-state index < -0.39 is 0 Å². The van der Waals surface area contributed by atoms with Crippen LogP contribution >= 0.6 is 11.8 Å². The Morgan fingerprint density at radius 3 is 2.56 bits per heavy atom. The number of fused-ring (bicyclic) bond motifs is 1. The second-order valence-corrected chi connectivity index (χ2v) is 7.08. The highest BCUT2D eigenvalue weighted by Crippen LogP contribution is 2.20. The molecule has 6 nitrogen and oxygen atoms in total. The number of imidazole rings is 1. The summed E-state index contributed by atoms with van der Waals surface area (Å²) in [5.41, 5.74) is 8.78. The Morgan fingerprint density at radius 2 is 1.78 bits per heavy atom. The van der Waals surface area contributed by atoms with Crippen LogP contribution in [0.3, 0.4) is 0 Å². The minimum atomic E-state index is 0.453. The lowest BCUT2D eigenvalue weighted by atomic mass is 10.2. The molecular formula is C20H20N5OS+. The third-order valence-corrected chi connectivity index (χ3v) is 4.89. The molecule has 27 heavy (non-hydrogen) atoms. The Labute approximate surface area is 161 Å². The van der Waals surface area contributed by atoms with E-state index in [1.807, 2.05) is 53.1 Å². The lowest BCUT2D eigenvalue weighted by Crippen LogP contribution is -2.36. The third kappa shape index (κ3) is 4.20. The number of thioether (sulfide) groups is 1. The van der Waals surface area contributed by atoms with Crippen molar-refractivity contribution in [3.05, 3.63) is 72.6 Å². The first-order valence-corrected chi connectivity index (χ1v) is 9.66. The maximum absolute atomic E-state index is 6.03. The van der Waals surface area contributed by atoms with Crippen molar-refractivity contribution in [2.45, 2.75) is 11.7 Å². The monoisotopic (exact) mass is 378 g/mol. The van der Waals surface area contributed by atoms with E-state index in [9.17, 15) is 0 Å². The van der Waals surface area contributed by atoms with Crippen molar-refractivity contribution in [2.75, 3.05) is 18.1 Å². The highest BCUT2D eigenvalue weighted by atomic mass is 32.2. The first-order chi connectivity index (χ1) is 13.3. The van der Waals surface area contributed by atoms with E-state index in [2.05, 4.69) is 22.1 Å². The summed E-state index contributed by atoms with van der Waals surface area (Å²) in [4.78, 5) is 12.3. The highest BCUT2D eigenvalue weighted by Gasteiger charge is 2.18.